The first-order chi connectivity index (χ1) is 18.9. The van der Waals surface area contributed by atoms with E-state index in [4.69, 9.17) is 26.1 Å². The Labute approximate surface area is 234 Å². The number of halogens is 1. The molecule has 1 atom stereocenters. The Kier molecular flexibility index (Phi) is 9.25. The van der Waals surface area contributed by atoms with Gasteiger partial charge in [0.1, 0.15) is 17.3 Å². The second-order valence-corrected chi connectivity index (χ2v) is 9.87. The zero-order valence-electron chi connectivity index (χ0n) is 22.8. The summed E-state index contributed by atoms with van der Waals surface area (Å²) in [5.74, 6) is 1.58. The van der Waals surface area contributed by atoms with Gasteiger partial charge in [-0.05, 0) is 74.0 Å². The van der Waals surface area contributed by atoms with Gasteiger partial charge in [-0.25, -0.2) is 4.98 Å². The molecule has 4 rings (SSSR count). The Morgan fingerprint density at radius 2 is 1.72 bits per heavy atom. The third-order valence-electron chi connectivity index (χ3n) is 6.86. The highest BCUT2D eigenvalue weighted by Crippen LogP contribution is 2.27. The number of carbonyl (C=O) groups is 1. The van der Waals surface area contributed by atoms with Crippen molar-refractivity contribution in [3.05, 3.63) is 93.5 Å². The van der Waals surface area contributed by atoms with Crippen molar-refractivity contribution in [3.8, 4) is 17.2 Å². The first kappa shape index (κ1) is 28.2. The molecule has 204 valence electrons. The van der Waals surface area contributed by atoms with E-state index in [2.05, 4.69) is 6.92 Å². The second kappa shape index (κ2) is 12.8. The van der Waals surface area contributed by atoms with Gasteiger partial charge >= 0.3 is 0 Å². The molecule has 1 aromatic heterocycles. The minimum atomic E-state index is -0.525. The van der Waals surface area contributed by atoms with Crippen LogP contribution in [0.4, 0.5) is 0 Å². The summed E-state index contributed by atoms with van der Waals surface area (Å²) in [5.41, 5.74) is 1.40. The van der Waals surface area contributed by atoms with Crippen LogP contribution in [0.3, 0.4) is 0 Å². The summed E-state index contributed by atoms with van der Waals surface area (Å²) in [5, 5.41) is 0.930. The van der Waals surface area contributed by atoms with Gasteiger partial charge in [-0.2, -0.15) is 0 Å². The molecule has 0 spiro atoms. The first-order valence-electron chi connectivity index (χ1n) is 13.2. The summed E-state index contributed by atoms with van der Waals surface area (Å²) < 4.78 is 12.3. The molecule has 4 aromatic rings. The number of ether oxygens (including phenoxy) is 2. The van der Waals surface area contributed by atoms with Crippen molar-refractivity contribution >= 4 is 28.4 Å². The van der Waals surface area contributed by atoms with Crippen LogP contribution in [0.2, 0.25) is 5.02 Å². The van der Waals surface area contributed by atoms with Crippen LogP contribution in [0.5, 0.6) is 11.5 Å². The predicted octanol–water partition coefficient (Wildman–Crippen LogP) is 6.84. The molecule has 0 fully saturated rings. The van der Waals surface area contributed by atoms with Gasteiger partial charge in [-0.15, -0.1) is 0 Å². The summed E-state index contributed by atoms with van der Waals surface area (Å²) in [6, 6.07) is 18.9. The molecule has 0 aliphatic carbocycles. The average Bonchev–Trinajstić information content (AvgIpc) is 2.96. The normalized spacial score (nSPS) is 11.8. The molecule has 39 heavy (non-hydrogen) atoms. The average molecular weight is 548 g/mol. The van der Waals surface area contributed by atoms with E-state index >= 15 is 0 Å². The third kappa shape index (κ3) is 6.25. The van der Waals surface area contributed by atoms with E-state index in [0.29, 0.717) is 51.0 Å². The van der Waals surface area contributed by atoms with Crippen molar-refractivity contribution in [1.29, 1.82) is 0 Å². The fraction of sp³-hybridized carbons (Fsp3) is 0.323. The fourth-order valence-electron chi connectivity index (χ4n) is 4.68. The molecule has 8 heteroatoms. The van der Waals surface area contributed by atoms with Crippen LogP contribution in [0.15, 0.2) is 71.5 Å². The van der Waals surface area contributed by atoms with Crippen LogP contribution in [0.1, 0.15) is 61.8 Å². The molecule has 0 aliphatic rings. The van der Waals surface area contributed by atoms with Gasteiger partial charge in [0.25, 0.3) is 11.5 Å². The molecular weight excluding hydrogens is 514 g/mol. The number of rotatable bonds is 11. The minimum Gasteiger partial charge on any atom is -0.497 e. The van der Waals surface area contributed by atoms with Crippen LogP contribution in [0, 0.1) is 0 Å². The van der Waals surface area contributed by atoms with Crippen molar-refractivity contribution < 1.29 is 14.3 Å². The van der Waals surface area contributed by atoms with Crippen LogP contribution in [-0.2, 0) is 0 Å². The number of methoxy groups -OCH3 is 2. The van der Waals surface area contributed by atoms with Crippen molar-refractivity contribution in [1.82, 2.24) is 14.5 Å². The van der Waals surface area contributed by atoms with E-state index in [1.165, 1.54) is 0 Å². The molecule has 1 unspecified atom stereocenters. The maximum atomic E-state index is 13.9. The molecule has 0 aliphatic heterocycles. The number of hydrogen-bond acceptors (Lipinski definition) is 5. The summed E-state index contributed by atoms with van der Waals surface area (Å²) >= 11 is 6.27. The quantitative estimate of drug-likeness (QED) is 0.192. The molecule has 0 radical (unpaired) electrons. The van der Waals surface area contributed by atoms with E-state index in [9.17, 15) is 9.59 Å². The van der Waals surface area contributed by atoms with Gasteiger partial charge < -0.3 is 14.4 Å². The number of unbranched alkanes of at least 4 members (excludes halogenated alkanes) is 3. The Bertz CT molecular complexity index is 1500. The lowest BCUT2D eigenvalue weighted by Crippen LogP contribution is -2.38. The number of aromatic nitrogens is 2. The molecule has 3 aromatic carbocycles. The zero-order valence-corrected chi connectivity index (χ0v) is 23.6. The minimum absolute atomic E-state index is 0.153. The van der Waals surface area contributed by atoms with E-state index < -0.39 is 6.04 Å². The number of amides is 1. The molecule has 1 amide bonds. The highest BCUT2D eigenvalue weighted by Gasteiger charge is 2.28. The Morgan fingerprint density at radius 3 is 2.41 bits per heavy atom. The summed E-state index contributed by atoms with van der Waals surface area (Å²) in [6.07, 6.45) is 4.00. The van der Waals surface area contributed by atoms with Crippen molar-refractivity contribution in [2.24, 2.45) is 0 Å². The van der Waals surface area contributed by atoms with E-state index in [-0.39, 0.29) is 11.5 Å². The first-order valence-corrected chi connectivity index (χ1v) is 13.6. The van der Waals surface area contributed by atoms with Crippen LogP contribution >= 0.6 is 11.6 Å². The second-order valence-electron chi connectivity index (χ2n) is 9.44. The van der Waals surface area contributed by atoms with Crippen molar-refractivity contribution in [3.63, 3.8) is 0 Å². The fourth-order valence-corrected chi connectivity index (χ4v) is 4.84. The number of nitrogens with zero attached hydrogens (tertiary/aromatic N) is 3. The lowest BCUT2D eigenvalue weighted by molar-refractivity contribution is 0.0676. The molecule has 0 saturated carbocycles. The molecule has 0 bridgehead atoms. The molecule has 0 N–H and O–H groups in total. The maximum Gasteiger partial charge on any atom is 0.266 e. The third-order valence-corrected chi connectivity index (χ3v) is 7.09. The van der Waals surface area contributed by atoms with Crippen LogP contribution < -0.4 is 15.0 Å². The standard InChI is InChI=1S/C31H34ClN3O4/c1-5-6-7-8-18-34(30(36)22-10-9-11-26(19-22)39-4)21(2)29-33-28-20-23(32)12-17-27(28)31(37)35(29)24-13-15-25(38-3)16-14-24/h9-17,19-21H,5-8,18H2,1-4H3. The van der Waals surface area contributed by atoms with Gasteiger partial charge in [0, 0.05) is 17.1 Å². The van der Waals surface area contributed by atoms with Gasteiger partial charge in [0.2, 0.25) is 0 Å². The zero-order chi connectivity index (χ0) is 27.9. The summed E-state index contributed by atoms with van der Waals surface area (Å²) in [7, 11) is 3.17. The highest BCUT2D eigenvalue weighted by atomic mass is 35.5. The number of carbonyl (C=O) groups excluding carboxylic acids is 1. The molecule has 0 saturated heterocycles. The van der Waals surface area contributed by atoms with Crippen LogP contribution in [0.25, 0.3) is 16.6 Å². The number of fused-ring (bicyclic) bond motifs is 1. The highest BCUT2D eigenvalue weighted by molar-refractivity contribution is 6.31. The van der Waals surface area contributed by atoms with Gasteiger partial charge in [-0.3, -0.25) is 14.2 Å². The van der Waals surface area contributed by atoms with Crippen LogP contribution in [-0.4, -0.2) is 41.1 Å². The number of benzene rings is 3. The topological polar surface area (TPSA) is 73.7 Å². The summed E-state index contributed by atoms with van der Waals surface area (Å²) in [6.45, 7) is 4.58. The molecular formula is C31H34ClN3O4. The Hall–Kier alpha value is -3.84. The van der Waals surface area contributed by atoms with E-state index in [1.54, 1.807) is 72.2 Å². The van der Waals surface area contributed by atoms with E-state index in [0.717, 1.165) is 25.7 Å². The lowest BCUT2D eigenvalue weighted by atomic mass is 10.1. The predicted molar refractivity (Wildman–Crippen MR) is 155 cm³/mol. The lowest BCUT2D eigenvalue weighted by Gasteiger charge is -2.31. The monoisotopic (exact) mass is 547 g/mol. The largest absolute Gasteiger partial charge is 0.497 e. The smallest absolute Gasteiger partial charge is 0.266 e. The van der Waals surface area contributed by atoms with Gasteiger partial charge in [-0.1, -0.05) is 43.9 Å². The summed E-state index contributed by atoms with van der Waals surface area (Å²) in [4.78, 5) is 34.6. The maximum absolute atomic E-state index is 13.9. The number of hydrogen-bond donors (Lipinski definition) is 0. The van der Waals surface area contributed by atoms with E-state index in [1.807, 2.05) is 25.1 Å². The molecule has 7 nitrogen and oxygen atoms in total. The van der Waals surface area contributed by atoms with Crippen molar-refractivity contribution in [2.75, 3.05) is 20.8 Å². The SMILES string of the molecule is CCCCCCN(C(=O)c1cccc(OC)c1)C(C)c1nc2cc(Cl)ccc2c(=O)n1-c1ccc(OC)cc1. The van der Waals surface area contributed by atoms with Gasteiger partial charge in [0.15, 0.2) is 0 Å². The van der Waals surface area contributed by atoms with Crippen molar-refractivity contribution in [2.45, 2.75) is 45.6 Å². The Morgan fingerprint density at radius 1 is 0.974 bits per heavy atom. The molecule has 1 heterocycles. The van der Waals surface area contributed by atoms with Gasteiger partial charge in [0.05, 0.1) is 36.9 Å². The Balaban J connectivity index is 1.87.